The first kappa shape index (κ1) is 20.8. The second kappa shape index (κ2) is 9.16. The number of nitrogens with one attached hydrogen (secondary N) is 1. The molecule has 1 N–H and O–H groups in total. The van der Waals surface area contributed by atoms with Crippen molar-refractivity contribution >= 4 is 17.7 Å². The van der Waals surface area contributed by atoms with Gasteiger partial charge in [0.2, 0.25) is 0 Å². The molecule has 160 valence electrons. The number of hydrogen-bond acceptors (Lipinski definition) is 4. The molecule has 0 saturated carbocycles. The van der Waals surface area contributed by atoms with Crippen LogP contribution in [0.25, 0.3) is 0 Å². The smallest absolute Gasteiger partial charge is 0.261 e. The maximum Gasteiger partial charge on any atom is 0.261 e. The van der Waals surface area contributed by atoms with Crippen molar-refractivity contribution in [3.8, 4) is 5.75 Å². The molecule has 0 bridgehead atoms. The van der Waals surface area contributed by atoms with Crippen molar-refractivity contribution in [1.29, 1.82) is 0 Å². The van der Waals surface area contributed by atoms with Crippen LogP contribution in [0.1, 0.15) is 68.7 Å². The number of imide groups is 1. The number of ether oxygens (including phenoxy) is 1. The third-order valence-electron chi connectivity index (χ3n) is 5.84. The Morgan fingerprint density at radius 2 is 1.81 bits per heavy atom. The number of benzene rings is 2. The Kier molecular flexibility index (Phi) is 6.16. The van der Waals surface area contributed by atoms with E-state index in [1.165, 1.54) is 30.4 Å². The molecule has 2 aromatic carbocycles. The van der Waals surface area contributed by atoms with E-state index in [2.05, 4.69) is 11.4 Å². The Balaban J connectivity index is 1.46. The molecular weight excluding hydrogens is 392 g/mol. The van der Waals surface area contributed by atoms with Crippen molar-refractivity contribution in [1.82, 2.24) is 10.2 Å². The average Bonchev–Trinajstić information content (AvgIpc) is 3.04. The Labute approximate surface area is 181 Å². The van der Waals surface area contributed by atoms with Gasteiger partial charge in [-0.2, -0.15) is 0 Å². The molecule has 0 radical (unpaired) electrons. The van der Waals surface area contributed by atoms with E-state index in [1.54, 1.807) is 42.5 Å². The van der Waals surface area contributed by atoms with E-state index in [4.69, 9.17) is 4.74 Å². The topological polar surface area (TPSA) is 75.7 Å². The molecule has 0 unspecified atom stereocenters. The molecule has 0 aromatic heterocycles. The fourth-order valence-electron chi connectivity index (χ4n) is 4.16. The van der Waals surface area contributed by atoms with Gasteiger partial charge in [-0.05, 0) is 61.9 Å². The van der Waals surface area contributed by atoms with Crippen LogP contribution >= 0.6 is 0 Å². The van der Waals surface area contributed by atoms with Gasteiger partial charge in [0, 0.05) is 6.54 Å². The number of methoxy groups -OCH3 is 1. The zero-order valence-corrected chi connectivity index (χ0v) is 17.6. The predicted octanol–water partition coefficient (Wildman–Crippen LogP) is 4.11. The standard InChI is InChI=1S/C25H26N2O4/c1-31-22-12-11-18(16-27-24(29)19-9-5-6-10-20(19)25(27)30)15-21(22)23(28)26-14-13-17-7-3-2-4-8-17/h5-7,9-12,15H,2-4,8,13-14,16H2,1H3,(H,26,28). The lowest BCUT2D eigenvalue weighted by molar-refractivity contribution is 0.0642. The SMILES string of the molecule is COc1ccc(CN2C(=O)c3ccccc3C2=O)cc1C(=O)NCCC1=CCCCC1. The summed E-state index contributed by atoms with van der Waals surface area (Å²) in [5, 5.41) is 2.97. The van der Waals surface area contributed by atoms with Crippen LogP contribution in [0.5, 0.6) is 5.75 Å². The molecule has 1 heterocycles. The number of nitrogens with zero attached hydrogens (tertiary/aromatic N) is 1. The van der Waals surface area contributed by atoms with Crippen LogP contribution in [-0.4, -0.2) is 36.3 Å². The van der Waals surface area contributed by atoms with E-state index in [9.17, 15) is 14.4 Å². The van der Waals surface area contributed by atoms with Gasteiger partial charge >= 0.3 is 0 Å². The average molecular weight is 418 g/mol. The summed E-state index contributed by atoms with van der Waals surface area (Å²) in [4.78, 5) is 39.3. The van der Waals surface area contributed by atoms with E-state index >= 15 is 0 Å². The third kappa shape index (κ3) is 4.38. The molecule has 6 nitrogen and oxygen atoms in total. The van der Waals surface area contributed by atoms with E-state index in [-0.39, 0.29) is 24.3 Å². The molecule has 0 spiro atoms. The van der Waals surface area contributed by atoms with E-state index in [0.717, 1.165) is 19.3 Å². The van der Waals surface area contributed by atoms with Gasteiger partial charge in [0.1, 0.15) is 5.75 Å². The van der Waals surface area contributed by atoms with Crippen molar-refractivity contribution in [3.63, 3.8) is 0 Å². The number of rotatable bonds is 7. The lowest BCUT2D eigenvalue weighted by Crippen LogP contribution is -2.29. The minimum atomic E-state index is -0.317. The Bertz CT molecular complexity index is 1020. The third-order valence-corrected chi connectivity index (χ3v) is 5.84. The number of carbonyl (C=O) groups is 3. The van der Waals surface area contributed by atoms with Crippen LogP contribution < -0.4 is 10.1 Å². The van der Waals surface area contributed by atoms with Gasteiger partial charge in [-0.3, -0.25) is 19.3 Å². The quantitative estimate of drug-likeness (QED) is 0.542. The minimum absolute atomic E-state index is 0.101. The Morgan fingerprint density at radius 1 is 1.06 bits per heavy atom. The molecule has 0 atom stereocenters. The molecule has 2 aliphatic rings. The van der Waals surface area contributed by atoms with Gasteiger partial charge in [-0.15, -0.1) is 0 Å². The highest BCUT2D eigenvalue weighted by molar-refractivity contribution is 6.21. The van der Waals surface area contributed by atoms with Gasteiger partial charge in [0.05, 0.1) is 30.3 Å². The molecule has 0 fully saturated rings. The van der Waals surface area contributed by atoms with Gasteiger partial charge < -0.3 is 10.1 Å². The molecule has 1 aliphatic heterocycles. The summed E-state index contributed by atoms with van der Waals surface area (Å²) in [5.74, 6) is -0.399. The van der Waals surface area contributed by atoms with Crippen LogP contribution in [0, 0.1) is 0 Å². The van der Waals surface area contributed by atoms with E-state index < -0.39 is 0 Å². The number of allylic oxidation sites excluding steroid dienone is 1. The lowest BCUT2D eigenvalue weighted by Gasteiger charge is -2.16. The normalized spacial score (nSPS) is 15.5. The summed E-state index contributed by atoms with van der Waals surface area (Å²) in [6.45, 7) is 0.667. The van der Waals surface area contributed by atoms with Gasteiger partial charge in [0.25, 0.3) is 17.7 Å². The zero-order chi connectivity index (χ0) is 21.8. The van der Waals surface area contributed by atoms with Crippen LogP contribution in [-0.2, 0) is 6.54 Å². The Morgan fingerprint density at radius 3 is 2.45 bits per heavy atom. The van der Waals surface area contributed by atoms with Crippen molar-refractivity contribution < 1.29 is 19.1 Å². The van der Waals surface area contributed by atoms with Crippen molar-refractivity contribution in [3.05, 3.63) is 76.4 Å². The summed E-state index contributed by atoms with van der Waals surface area (Å²) < 4.78 is 5.36. The molecule has 3 amide bonds. The Hall–Kier alpha value is -3.41. The fourth-order valence-corrected chi connectivity index (χ4v) is 4.16. The molecule has 2 aromatic rings. The highest BCUT2D eigenvalue weighted by atomic mass is 16.5. The van der Waals surface area contributed by atoms with Gasteiger partial charge in [0.15, 0.2) is 0 Å². The molecule has 4 rings (SSSR count). The summed E-state index contributed by atoms with van der Waals surface area (Å²) in [5.41, 5.74) is 3.31. The van der Waals surface area contributed by atoms with Crippen LogP contribution in [0.4, 0.5) is 0 Å². The fraction of sp³-hybridized carbons (Fsp3) is 0.320. The second-order valence-corrected chi connectivity index (χ2v) is 7.89. The summed E-state index contributed by atoms with van der Waals surface area (Å²) >= 11 is 0. The van der Waals surface area contributed by atoms with Crippen LogP contribution in [0.2, 0.25) is 0 Å². The first-order valence-electron chi connectivity index (χ1n) is 10.7. The second-order valence-electron chi connectivity index (χ2n) is 7.89. The van der Waals surface area contributed by atoms with E-state index in [0.29, 0.717) is 34.5 Å². The number of hydrogen-bond donors (Lipinski definition) is 1. The van der Waals surface area contributed by atoms with Crippen molar-refractivity contribution in [2.45, 2.75) is 38.6 Å². The number of carbonyl (C=O) groups excluding carboxylic acids is 3. The monoisotopic (exact) mass is 418 g/mol. The first-order valence-corrected chi connectivity index (χ1v) is 10.7. The molecule has 6 heteroatoms. The lowest BCUT2D eigenvalue weighted by atomic mass is 9.97. The number of amides is 3. The summed E-state index contributed by atoms with van der Waals surface area (Å²) in [6.07, 6.45) is 7.81. The minimum Gasteiger partial charge on any atom is -0.496 e. The van der Waals surface area contributed by atoms with Crippen molar-refractivity contribution in [2.75, 3.05) is 13.7 Å². The molecular formula is C25H26N2O4. The molecule has 0 saturated heterocycles. The zero-order valence-electron chi connectivity index (χ0n) is 17.6. The van der Waals surface area contributed by atoms with Gasteiger partial charge in [-0.1, -0.05) is 29.8 Å². The maximum absolute atomic E-state index is 12.8. The van der Waals surface area contributed by atoms with Crippen LogP contribution in [0.15, 0.2) is 54.1 Å². The summed E-state index contributed by atoms with van der Waals surface area (Å²) in [6, 6.07) is 12.0. The number of fused-ring (bicyclic) bond motifs is 1. The molecule has 31 heavy (non-hydrogen) atoms. The molecule has 1 aliphatic carbocycles. The summed E-state index contributed by atoms with van der Waals surface area (Å²) in [7, 11) is 1.52. The largest absolute Gasteiger partial charge is 0.496 e. The highest BCUT2D eigenvalue weighted by Crippen LogP contribution is 2.26. The predicted molar refractivity (Wildman–Crippen MR) is 117 cm³/mol. The highest BCUT2D eigenvalue weighted by Gasteiger charge is 2.35. The van der Waals surface area contributed by atoms with Crippen LogP contribution in [0.3, 0.4) is 0 Å². The van der Waals surface area contributed by atoms with Gasteiger partial charge in [-0.25, -0.2) is 0 Å². The maximum atomic E-state index is 12.8. The van der Waals surface area contributed by atoms with Crippen molar-refractivity contribution in [2.24, 2.45) is 0 Å². The van der Waals surface area contributed by atoms with E-state index in [1.807, 2.05) is 0 Å². The first-order chi connectivity index (χ1) is 15.1.